The summed E-state index contributed by atoms with van der Waals surface area (Å²) in [7, 11) is -2.54. The van der Waals surface area contributed by atoms with Gasteiger partial charge in [-0.1, -0.05) is 0 Å². The van der Waals surface area contributed by atoms with Gasteiger partial charge in [0.25, 0.3) is 11.8 Å². The maximum absolute atomic E-state index is 13.0. The molecule has 0 bridgehead atoms. The second-order valence-electron chi connectivity index (χ2n) is 7.67. The molecule has 0 saturated carbocycles. The Morgan fingerprint density at radius 2 is 1.73 bits per heavy atom. The van der Waals surface area contributed by atoms with Crippen molar-refractivity contribution in [3.05, 3.63) is 45.8 Å². The number of esters is 1. The van der Waals surface area contributed by atoms with Gasteiger partial charge in [-0.2, -0.15) is 4.31 Å². The second-order valence-corrected chi connectivity index (χ2v) is 10.6. The first kappa shape index (κ1) is 24.8. The molecule has 0 aliphatic carbocycles. The van der Waals surface area contributed by atoms with E-state index in [1.165, 1.54) is 42.6 Å². The minimum atomic E-state index is -3.75. The van der Waals surface area contributed by atoms with Crippen molar-refractivity contribution in [1.82, 2.24) is 4.31 Å². The van der Waals surface area contributed by atoms with Crippen molar-refractivity contribution in [1.29, 1.82) is 0 Å². The molecule has 0 spiro atoms. The summed E-state index contributed by atoms with van der Waals surface area (Å²) in [4.78, 5) is 36.8. The van der Waals surface area contributed by atoms with Crippen LogP contribution in [0, 0.1) is 6.92 Å². The zero-order valence-corrected chi connectivity index (χ0v) is 20.2. The maximum atomic E-state index is 13.0. The predicted molar refractivity (Wildman–Crippen MR) is 122 cm³/mol. The lowest BCUT2D eigenvalue weighted by molar-refractivity contribution is -0.0440. The smallest absolute Gasteiger partial charge is 0.348 e. The normalized spacial score (nSPS) is 19.2. The van der Waals surface area contributed by atoms with E-state index in [4.69, 9.17) is 15.2 Å². The molecule has 1 aromatic carbocycles. The van der Waals surface area contributed by atoms with Crippen LogP contribution in [0.25, 0.3) is 0 Å². The average Bonchev–Trinajstić information content (AvgIpc) is 3.08. The van der Waals surface area contributed by atoms with Gasteiger partial charge in [-0.3, -0.25) is 9.59 Å². The number of hydrogen-bond donors (Lipinski definition) is 2. The molecule has 1 saturated heterocycles. The summed E-state index contributed by atoms with van der Waals surface area (Å²) < 4.78 is 37.6. The molecular formula is C21H25N3O7S2. The number of nitrogens with two attached hydrogens (primary N) is 1. The van der Waals surface area contributed by atoms with E-state index >= 15 is 0 Å². The number of sulfonamides is 1. The molecule has 1 aromatic heterocycles. The lowest BCUT2D eigenvalue weighted by Crippen LogP contribution is -2.48. The molecule has 178 valence electrons. The number of thiophene rings is 1. The van der Waals surface area contributed by atoms with E-state index in [0.29, 0.717) is 5.56 Å². The van der Waals surface area contributed by atoms with Crippen molar-refractivity contribution in [2.45, 2.75) is 37.9 Å². The fourth-order valence-corrected chi connectivity index (χ4v) is 6.33. The fraction of sp³-hybridized carbons (Fsp3) is 0.381. The van der Waals surface area contributed by atoms with Gasteiger partial charge in [-0.25, -0.2) is 13.2 Å². The Morgan fingerprint density at radius 1 is 1.15 bits per heavy atom. The molecule has 33 heavy (non-hydrogen) atoms. The number of ether oxygens (including phenoxy) is 2. The van der Waals surface area contributed by atoms with Crippen LogP contribution in [0.15, 0.2) is 29.2 Å². The molecule has 1 aliphatic rings. The van der Waals surface area contributed by atoms with Crippen LogP contribution in [0.1, 0.15) is 49.8 Å². The van der Waals surface area contributed by atoms with E-state index < -0.39 is 27.8 Å². The number of rotatable bonds is 6. The molecule has 12 heteroatoms. The van der Waals surface area contributed by atoms with E-state index in [1.54, 1.807) is 0 Å². The van der Waals surface area contributed by atoms with Gasteiger partial charge in [0.2, 0.25) is 10.0 Å². The van der Waals surface area contributed by atoms with Crippen LogP contribution >= 0.6 is 11.3 Å². The lowest BCUT2D eigenvalue weighted by Gasteiger charge is -2.34. The molecule has 0 radical (unpaired) electrons. The highest BCUT2D eigenvalue weighted by atomic mass is 32.2. The second kappa shape index (κ2) is 9.59. The predicted octanol–water partition coefficient (Wildman–Crippen LogP) is 1.99. The Morgan fingerprint density at radius 3 is 2.24 bits per heavy atom. The summed E-state index contributed by atoms with van der Waals surface area (Å²) in [6.07, 6.45) is -0.450. The van der Waals surface area contributed by atoms with Gasteiger partial charge in [0.05, 0.1) is 29.8 Å². The number of hydrogen-bond acceptors (Lipinski definition) is 8. The summed E-state index contributed by atoms with van der Waals surface area (Å²) >= 11 is 0.875. The van der Waals surface area contributed by atoms with E-state index in [2.05, 4.69) is 5.32 Å². The minimum absolute atomic E-state index is 0.0171. The van der Waals surface area contributed by atoms with E-state index in [-0.39, 0.29) is 51.2 Å². The number of carbonyl (C=O) groups excluding carboxylic acids is 3. The Balaban J connectivity index is 1.83. The summed E-state index contributed by atoms with van der Waals surface area (Å²) in [5.74, 6) is -2.04. The van der Waals surface area contributed by atoms with Crippen molar-refractivity contribution in [2.24, 2.45) is 5.73 Å². The third-order valence-electron chi connectivity index (χ3n) is 5.13. The van der Waals surface area contributed by atoms with Gasteiger partial charge < -0.3 is 20.5 Å². The maximum Gasteiger partial charge on any atom is 0.348 e. The lowest BCUT2D eigenvalue weighted by atomic mass is 10.1. The summed E-state index contributed by atoms with van der Waals surface area (Å²) in [6, 6.07) is 5.45. The molecule has 1 fully saturated rings. The van der Waals surface area contributed by atoms with Crippen LogP contribution in [0.5, 0.6) is 0 Å². The monoisotopic (exact) mass is 495 g/mol. The van der Waals surface area contributed by atoms with E-state index in [1.807, 2.05) is 13.8 Å². The molecule has 1 aliphatic heterocycles. The van der Waals surface area contributed by atoms with Gasteiger partial charge in [0.1, 0.15) is 9.88 Å². The zero-order valence-electron chi connectivity index (χ0n) is 18.6. The molecule has 2 aromatic rings. The number of amides is 2. The number of anilines is 1. The molecule has 2 amide bonds. The van der Waals surface area contributed by atoms with Crippen LogP contribution in [0.3, 0.4) is 0 Å². The average molecular weight is 496 g/mol. The number of benzene rings is 1. The van der Waals surface area contributed by atoms with Crippen molar-refractivity contribution < 1.29 is 32.3 Å². The quantitative estimate of drug-likeness (QED) is 0.583. The fourth-order valence-electron chi connectivity index (χ4n) is 3.62. The SMILES string of the molecule is COC(=O)c1sc(NC(=O)c2ccc(S(=O)(=O)N3CC(C)OC(C)C3)cc2)c(C(N)=O)c1C. The van der Waals surface area contributed by atoms with Crippen LogP contribution in [-0.4, -0.2) is 62.9 Å². The Bertz CT molecular complexity index is 1180. The van der Waals surface area contributed by atoms with Gasteiger partial charge >= 0.3 is 5.97 Å². The largest absolute Gasteiger partial charge is 0.465 e. The molecule has 2 atom stereocenters. The zero-order chi connectivity index (χ0) is 24.5. The van der Waals surface area contributed by atoms with E-state index in [0.717, 1.165) is 11.3 Å². The third-order valence-corrected chi connectivity index (χ3v) is 8.16. The summed E-state index contributed by atoms with van der Waals surface area (Å²) in [6.45, 7) is 5.63. The standard InChI is InChI=1S/C21H25N3O7S2/c1-11-9-24(10-12(2)31-11)33(28,29)15-7-5-14(6-8-15)19(26)23-20-16(18(22)25)13(3)17(32-20)21(27)30-4/h5-8,11-12H,9-10H2,1-4H3,(H2,22,25)(H,23,26). The molecular weight excluding hydrogens is 470 g/mol. The van der Waals surface area contributed by atoms with Crippen LogP contribution < -0.4 is 11.1 Å². The Kier molecular flexibility index (Phi) is 7.22. The summed E-state index contributed by atoms with van der Waals surface area (Å²) in [5, 5.41) is 2.69. The first-order chi connectivity index (χ1) is 15.4. The number of morpholine rings is 1. The van der Waals surface area contributed by atoms with Crippen molar-refractivity contribution >= 4 is 44.1 Å². The molecule has 10 nitrogen and oxygen atoms in total. The highest BCUT2D eigenvalue weighted by Crippen LogP contribution is 2.33. The topological polar surface area (TPSA) is 145 Å². The van der Waals surface area contributed by atoms with Gasteiger partial charge in [0, 0.05) is 18.7 Å². The van der Waals surface area contributed by atoms with Crippen molar-refractivity contribution in [2.75, 3.05) is 25.5 Å². The highest BCUT2D eigenvalue weighted by Gasteiger charge is 2.32. The van der Waals surface area contributed by atoms with Crippen LogP contribution in [0.2, 0.25) is 0 Å². The highest BCUT2D eigenvalue weighted by molar-refractivity contribution is 7.89. The van der Waals surface area contributed by atoms with Gasteiger partial charge in [-0.15, -0.1) is 11.3 Å². The minimum Gasteiger partial charge on any atom is -0.465 e. The first-order valence-electron chi connectivity index (χ1n) is 10.0. The van der Waals surface area contributed by atoms with Gasteiger partial charge in [-0.05, 0) is 50.6 Å². The molecule has 2 unspecified atom stereocenters. The Hall–Kier alpha value is -2.80. The number of nitrogens with zero attached hydrogens (tertiary/aromatic N) is 1. The number of primary amides is 1. The number of methoxy groups -OCH3 is 1. The third kappa shape index (κ3) is 5.08. The van der Waals surface area contributed by atoms with Gasteiger partial charge in [0.15, 0.2) is 0 Å². The Labute approximate surface area is 195 Å². The number of nitrogens with one attached hydrogen (secondary N) is 1. The number of carbonyl (C=O) groups is 3. The van der Waals surface area contributed by atoms with Crippen molar-refractivity contribution in [3.63, 3.8) is 0 Å². The first-order valence-corrected chi connectivity index (χ1v) is 12.3. The molecule has 2 heterocycles. The van der Waals surface area contributed by atoms with Crippen LogP contribution in [-0.2, 0) is 19.5 Å². The molecule has 3 rings (SSSR count). The van der Waals surface area contributed by atoms with Crippen LogP contribution in [0.4, 0.5) is 5.00 Å². The summed E-state index contributed by atoms with van der Waals surface area (Å²) in [5.41, 5.74) is 5.92. The molecule has 3 N–H and O–H groups in total. The van der Waals surface area contributed by atoms with Crippen molar-refractivity contribution in [3.8, 4) is 0 Å². The van der Waals surface area contributed by atoms with E-state index in [9.17, 15) is 22.8 Å².